The lowest BCUT2D eigenvalue weighted by Gasteiger charge is -2.07. The van der Waals surface area contributed by atoms with Crippen LogP contribution in [0.4, 0.5) is 0 Å². The number of hydrogen-bond donors (Lipinski definition) is 1. The van der Waals surface area contributed by atoms with Crippen LogP contribution in [0.15, 0.2) is 23.0 Å². The van der Waals surface area contributed by atoms with Crippen molar-refractivity contribution in [3.8, 4) is 0 Å². The summed E-state index contributed by atoms with van der Waals surface area (Å²) in [5, 5.41) is 0.740. The van der Waals surface area contributed by atoms with Gasteiger partial charge < -0.3 is 4.98 Å². The van der Waals surface area contributed by atoms with E-state index in [2.05, 4.69) is 4.98 Å². The highest BCUT2D eigenvalue weighted by Crippen LogP contribution is 2.15. The molecule has 1 heterocycles. The molecule has 0 bridgehead atoms. The third kappa shape index (κ3) is 3.14. The zero-order valence-electron chi connectivity index (χ0n) is 11.0. The molecule has 0 fully saturated rings. The molecule has 0 spiro atoms. The summed E-state index contributed by atoms with van der Waals surface area (Å²) in [4.78, 5) is 14.6. The van der Waals surface area contributed by atoms with Crippen molar-refractivity contribution in [2.45, 2.75) is 20.1 Å². The lowest BCUT2D eigenvalue weighted by molar-refractivity contribution is 0.312. The molecule has 1 aromatic carbocycles. The first-order chi connectivity index (χ1) is 9.31. The molecule has 0 saturated heterocycles. The van der Waals surface area contributed by atoms with E-state index in [4.69, 9.17) is 16.4 Å². The van der Waals surface area contributed by atoms with E-state index in [0.717, 1.165) is 11.6 Å². The minimum absolute atomic E-state index is 0.0771. The largest absolute Gasteiger partial charge is 0.326 e. The summed E-state index contributed by atoms with van der Waals surface area (Å²) in [7, 11) is -3.50. The maximum absolute atomic E-state index is 11.8. The number of nitrogens with one attached hydrogen (secondary N) is 1. The monoisotopic (exact) mass is 314 g/mol. The molecular weight excluding hydrogens is 300 g/mol. The molecule has 6 nitrogen and oxygen atoms in total. The van der Waals surface area contributed by atoms with Gasteiger partial charge in [0.05, 0.1) is 18.4 Å². The number of nitrogens with zero attached hydrogens (tertiary/aromatic N) is 1. The van der Waals surface area contributed by atoms with E-state index in [0.29, 0.717) is 22.3 Å². The lowest BCUT2D eigenvalue weighted by atomic mass is 10.1. The fourth-order valence-electron chi connectivity index (χ4n) is 1.85. The molecule has 0 aliphatic rings. The molecule has 0 amide bonds. The second-order valence-electron chi connectivity index (χ2n) is 4.33. The number of rotatable bonds is 4. The summed E-state index contributed by atoms with van der Waals surface area (Å²) < 4.78 is 28.6. The molecule has 0 aliphatic carbocycles. The van der Waals surface area contributed by atoms with Gasteiger partial charge in [-0.05, 0) is 24.6 Å². The van der Waals surface area contributed by atoms with Gasteiger partial charge in [-0.15, -0.1) is 0 Å². The van der Waals surface area contributed by atoms with Crippen LogP contribution >= 0.6 is 12.2 Å². The Balaban J connectivity index is 2.51. The van der Waals surface area contributed by atoms with Gasteiger partial charge in [0.2, 0.25) is 0 Å². The first-order valence-electron chi connectivity index (χ1n) is 5.92. The van der Waals surface area contributed by atoms with Crippen LogP contribution in [0.1, 0.15) is 12.5 Å². The van der Waals surface area contributed by atoms with Crippen molar-refractivity contribution >= 4 is 33.2 Å². The Labute approximate surface area is 121 Å². The molecule has 8 heteroatoms. The van der Waals surface area contributed by atoms with Crippen molar-refractivity contribution < 1.29 is 12.6 Å². The van der Waals surface area contributed by atoms with Crippen LogP contribution in [0.25, 0.3) is 10.9 Å². The normalized spacial score (nSPS) is 11.9. The Bertz CT molecular complexity index is 865. The topological polar surface area (TPSA) is 81.2 Å². The summed E-state index contributed by atoms with van der Waals surface area (Å²) in [5.41, 5.74) is 0.924. The highest BCUT2D eigenvalue weighted by Gasteiger charge is 2.06. The third-order valence-electron chi connectivity index (χ3n) is 2.80. The van der Waals surface area contributed by atoms with E-state index in [9.17, 15) is 13.2 Å². The molecule has 1 aromatic heterocycles. The number of benzene rings is 1. The highest BCUT2D eigenvalue weighted by molar-refractivity contribution is 7.85. The van der Waals surface area contributed by atoms with Crippen LogP contribution < -0.4 is 5.69 Å². The van der Waals surface area contributed by atoms with E-state index in [1.807, 2.05) is 6.92 Å². The summed E-state index contributed by atoms with van der Waals surface area (Å²) in [6.45, 7) is 2.25. The number of fused-ring (bicyclic) bond motifs is 1. The van der Waals surface area contributed by atoms with Crippen molar-refractivity contribution in [1.29, 1.82) is 0 Å². The quantitative estimate of drug-likeness (QED) is 0.684. The molecule has 108 valence electrons. The molecule has 1 N–H and O–H groups in total. The van der Waals surface area contributed by atoms with Gasteiger partial charge in [-0.25, -0.2) is 4.79 Å². The van der Waals surface area contributed by atoms with Crippen molar-refractivity contribution in [1.82, 2.24) is 9.55 Å². The van der Waals surface area contributed by atoms with Crippen LogP contribution in [0.3, 0.4) is 0 Å². The minimum atomic E-state index is -3.50. The predicted octanol–water partition coefficient (Wildman–Crippen LogP) is 1.56. The summed E-state index contributed by atoms with van der Waals surface area (Å²) in [5.74, 6) is 0. The van der Waals surface area contributed by atoms with Crippen molar-refractivity contribution in [3.63, 3.8) is 0 Å². The van der Waals surface area contributed by atoms with Gasteiger partial charge in [-0.3, -0.25) is 8.75 Å². The Morgan fingerprint density at radius 3 is 2.70 bits per heavy atom. The average molecular weight is 314 g/mol. The Morgan fingerprint density at radius 2 is 2.10 bits per heavy atom. The maximum Gasteiger partial charge on any atom is 0.326 e. The second-order valence-corrected chi connectivity index (χ2v) is 6.36. The SMILES string of the molecule is CCn1c(=O)[nH]c2cc(COS(C)(=O)=O)ccc2c1=S. The maximum atomic E-state index is 11.8. The third-order valence-corrected chi connectivity index (χ3v) is 3.79. The summed E-state index contributed by atoms with van der Waals surface area (Å²) in [6.07, 6.45) is 0.988. The molecule has 0 unspecified atom stereocenters. The van der Waals surface area contributed by atoms with Gasteiger partial charge in [0, 0.05) is 11.9 Å². The molecule has 0 aliphatic heterocycles. The van der Waals surface area contributed by atoms with Gasteiger partial charge in [0.25, 0.3) is 10.1 Å². The molecule has 0 atom stereocenters. The first-order valence-corrected chi connectivity index (χ1v) is 8.14. The fraction of sp³-hybridized carbons (Fsp3) is 0.333. The van der Waals surface area contributed by atoms with E-state index >= 15 is 0 Å². The van der Waals surface area contributed by atoms with E-state index < -0.39 is 10.1 Å². The van der Waals surface area contributed by atoms with Crippen molar-refractivity contribution in [2.24, 2.45) is 0 Å². The zero-order valence-corrected chi connectivity index (χ0v) is 12.7. The lowest BCUT2D eigenvalue weighted by Crippen LogP contribution is -2.22. The summed E-state index contributed by atoms with van der Waals surface area (Å²) in [6, 6.07) is 5.14. The molecule has 0 saturated carbocycles. The molecule has 0 radical (unpaired) electrons. The Hall–Kier alpha value is -1.51. The predicted molar refractivity (Wildman–Crippen MR) is 78.7 cm³/mol. The second kappa shape index (κ2) is 5.47. The fourth-order valence-corrected chi connectivity index (χ4v) is 2.59. The van der Waals surface area contributed by atoms with Crippen LogP contribution in [-0.2, 0) is 27.5 Å². The minimum Gasteiger partial charge on any atom is -0.307 e. The first kappa shape index (κ1) is 14.9. The number of aromatic amines is 1. The Kier molecular flexibility index (Phi) is 4.07. The van der Waals surface area contributed by atoms with Gasteiger partial charge in [0.1, 0.15) is 4.64 Å². The van der Waals surface area contributed by atoms with E-state index in [1.54, 1.807) is 18.2 Å². The van der Waals surface area contributed by atoms with Crippen molar-refractivity contribution in [3.05, 3.63) is 38.9 Å². The zero-order chi connectivity index (χ0) is 14.9. The van der Waals surface area contributed by atoms with Crippen LogP contribution in [0, 0.1) is 4.64 Å². The van der Waals surface area contributed by atoms with Crippen LogP contribution in [0.5, 0.6) is 0 Å². The van der Waals surface area contributed by atoms with Gasteiger partial charge in [0.15, 0.2) is 0 Å². The van der Waals surface area contributed by atoms with Crippen LogP contribution in [-0.4, -0.2) is 24.2 Å². The standard InChI is InChI=1S/C12H14N2O4S2/c1-3-14-11(19)9-5-4-8(7-18-20(2,16)17)6-10(9)13-12(14)15/h4-6H,3,7H2,1-2H3,(H,13,15). The van der Waals surface area contributed by atoms with Gasteiger partial charge >= 0.3 is 5.69 Å². The number of aromatic nitrogens is 2. The number of hydrogen-bond acceptors (Lipinski definition) is 5. The van der Waals surface area contributed by atoms with Crippen LogP contribution in [0.2, 0.25) is 0 Å². The number of H-pyrrole nitrogens is 1. The van der Waals surface area contributed by atoms with Crippen molar-refractivity contribution in [2.75, 3.05) is 6.26 Å². The molecule has 2 aromatic rings. The smallest absolute Gasteiger partial charge is 0.307 e. The van der Waals surface area contributed by atoms with E-state index in [1.165, 1.54) is 4.57 Å². The van der Waals surface area contributed by atoms with Gasteiger partial charge in [-0.2, -0.15) is 8.42 Å². The molecule has 20 heavy (non-hydrogen) atoms. The average Bonchev–Trinajstić information content (AvgIpc) is 2.35. The molecular formula is C12H14N2O4S2. The molecule has 2 rings (SSSR count). The highest BCUT2D eigenvalue weighted by atomic mass is 32.2. The van der Waals surface area contributed by atoms with Gasteiger partial charge in [-0.1, -0.05) is 18.3 Å². The van der Waals surface area contributed by atoms with E-state index in [-0.39, 0.29) is 12.3 Å². The Morgan fingerprint density at radius 1 is 1.40 bits per heavy atom. The summed E-state index contributed by atoms with van der Waals surface area (Å²) >= 11 is 5.26.